The lowest BCUT2D eigenvalue weighted by Gasteiger charge is -2.07. The summed E-state index contributed by atoms with van der Waals surface area (Å²) in [5.41, 5.74) is 0.663. The molecule has 1 heterocycles. The molecule has 1 amide bonds. The number of aromatic nitrogens is 2. The molecule has 1 aliphatic carbocycles. The van der Waals surface area contributed by atoms with Crippen LogP contribution in [0, 0.1) is 11.7 Å². The molecule has 6 heteroatoms. The fourth-order valence-corrected chi connectivity index (χ4v) is 2.09. The van der Waals surface area contributed by atoms with Gasteiger partial charge in [0.1, 0.15) is 11.6 Å². The molecule has 0 saturated heterocycles. The molecule has 0 bridgehead atoms. The van der Waals surface area contributed by atoms with E-state index >= 15 is 0 Å². The third-order valence-corrected chi connectivity index (χ3v) is 3.52. The smallest absolute Gasteiger partial charge is 0.228 e. The first-order valence-electron chi connectivity index (χ1n) is 7.34. The molecule has 0 radical (unpaired) electrons. The van der Waals surface area contributed by atoms with Crippen LogP contribution < -0.4 is 10.6 Å². The van der Waals surface area contributed by atoms with Gasteiger partial charge in [-0.05, 0) is 43.0 Å². The Labute approximate surface area is 128 Å². The van der Waals surface area contributed by atoms with Crippen LogP contribution in [0.3, 0.4) is 0 Å². The van der Waals surface area contributed by atoms with Gasteiger partial charge in [-0.15, -0.1) is 10.2 Å². The van der Waals surface area contributed by atoms with Crippen molar-refractivity contribution in [2.45, 2.75) is 19.3 Å². The summed E-state index contributed by atoms with van der Waals surface area (Å²) in [5.74, 6) is 1.00. The Kier molecular flexibility index (Phi) is 4.27. The van der Waals surface area contributed by atoms with Gasteiger partial charge in [-0.3, -0.25) is 4.79 Å². The molecule has 3 rings (SSSR count). The monoisotopic (exact) mass is 300 g/mol. The van der Waals surface area contributed by atoms with Gasteiger partial charge in [0.25, 0.3) is 0 Å². The molecule has 1 aromatic carbocycles. The molecule has 0 unspecified atom stereocenters. The van der Waals surface area contributed by atoms with Crippen LogP contribution in [0.1, 0.15) is 18.4 Å². The molecule has 0 atom stereocenters. The molecule has 1 aliphatic rings. The summed E-state index contributed by atoms with van der Waals surface area (Å²) in [4.78, 5) is 11.6. The van der Waals surface area contributed by atoms with E-state index in [1.165, 1.54) is 6.07 Å². The average molecular weight is 300 g/mol. The lowest BCUT2D eigenvalue weighted by molar-refractivity contribution is -0.117. The summed E-state index contributed by atoms with van der Waals surface area (Å²) in [5, 5.41) is 13.8. The SMILES string of the molecule is O=C(Nc1ccc(NCCc2ccccc2F)nn1)C1CC1. The van der Waals surface area contributed by atoms with Crippen LogP contribution in [0.15, 0.2) is 36.4 Å². The second-order valence-electron chi connectivity index (χ2n) is 5.34. The van der Waals surface area contributed by atoms with Crippen molar-refractivity contribution < 1.29 is 9.18 Å². The maximum absolute atomic E-state index is 13.5. The number of rotatable bonds is 6. The molecule has 1 saturated carbocycles. The highest BCUT2D eigenvalue weighted by Gasteiger charge is 2.29. The van der Waals surface area contributed by atoms with E-state index in [0.717, 1.165) is 12.8 Å². The van der Waals surface area contributed by atoms with E-state index in [0.29, 0.717) is 30.2 Å². The van der Waals surface area contributed by atoms with Crippen molar-refractivity contribution in [3.63, 3.8) is 0 Å². The zero-order chi connectivity index (χ0) is 15.4. The summed E-state index contributed by atoms with van der Waals surface area (Å²) in [6.07, 6.45) is 2.47. The molecule has 2 aromatic rings. The largest absolute Gasteiger partial charge is 0.368 e. The number of anilines is 2. The van der Waals surface area contributed by atoms with E-state index in [-0.39, 0.29) is 17.6 Å². The van der Waals surface area contributed by atoms with Gasteiger partial charge in [0, 0.05) is 12.5 Å². The average Bonchev–Trinajstić information content (AvgIpc) is 3.36. The highest BCUT2D eigenvalue weighted by molar-refractivity contribution is 5.93. The van der Waals surface area contributed by atoms with Crippen molar-refractivity contribution in [2.24, 2.45) is 5.92 Å². The highest BCUT2D eigenvalue weighted by atomic mass is 19.1. The molecule has 114 valence electrons. The van der Waals surface area contributed by atoms with Crippen molar-refractivity contribution in [2.75, 3.05) is 17.2 Å². The second-order valence-corrected chi connectivity index (χ2v) is 5.34. The minimum atomic E-state index is -0.200. The number of carbonyl (C=O) groups is 1. The van der Waals surface area contributed by atoms with E-state index in [1.807, 2.05) is 6.07 Å². The van der Waals surface area contributed by atoms with Crippen molar-refractivity contribution in [1.82, 2.24) is 10.2 Å². The number of carbonyl (C=O) groups excluding carboxylic acids is 1. The molecule has 0 aliphatic heterocycles. The first kappa shape index (κ1) is 14.4. The summed E-state index contributed by atoms with van der Waals surface area (Å²) < 4.78 is 13.5. The predicted molar refractivity (Wildman–Crippen MR) is 82.0 cm³/mol. The van der Waals surface area contributed by atoms with E-state index in [4.69, 9.17) is 0 Å². The van der Waals surface area contributed by atoms with Crippen molar-refractivity contribution in [1.29, 1.82) is 0 Å². The quantitative estimate of drug-likeness (QED) is 0.860. The second kappa shape index (κ2) is 6.51. The van der Waals surface area contributed by atoms with E-state index in [9.17, 15) is 9.18 Å². The van der Waals surface area contributed by atoms with Crippen LogP contribution in [0.2, 0.25) is 0 Å². The normalized spacial score (nSPS) is 13.7. The number of amides is 1. The summed E-state index contributed by atoms with van der Waals surface area (Å²) >= 11 is 0. The number of hydrogen-bond donors (Lipinski definition) is 2. The van der Waals surface area contributed by atoms with E-state index in [2.05, 4.69) is 20.8 Å². The van der Waals surface area contributed by atoms with Crippen molar-refractivity contribution in [3.8, 4) is 0 Å². The summed E-state index contributed by atoms with van der Waals surface area (Å²) in [7, 11) is 0. The lowest BCUT2D eigenvalue weighted by atomic mass is 10.1. The lowest BCUT2D eigenvalue weighted by Crippen LogP contribution is -2.15. The Morgan fingerprint density at radius 1 is 1.14 bits per heavy atom. The maximum atomic E-state index is 13.5. The molecule has 22 heavy (non-hydrogen) atoms. The Morgan fingerprint density at radius 2 is 1.86 bits per heavy atom. The van der Waals surface area contributed by atoms with Crippen LogP contribution in [-0.2, 0) is 11.2 Å². The Bertz CT molecular complexity index is 655. The van der Waals surface area contributed by atoms with Crippen LogP contribution in [0.25, 0.3) is 0 Å². The van der Waals surface area contributed by atoms with Crippen molar-refractivity contribution >= 4 is 17.5 Å². The number of nitrogens with zero attached hydrogens (tertiary/aromatic N) is 2. The number of halogens is 1. The highest BCUT2D eigenvalue weighted by Crippen LogP contribution is 2.29. The summed E-state index contributed by atoms with van der Waals surface area (Å²) in [6, 6.07) is 10.2. The Hall–Kier alpha value is -2.50. The zero-order valence-corrected chi connectivity index (χ0v) is 12.1. The first-order valence-corrected chi connectivity index (χ1v) is 7.34. The topological polar surface area (TPSA) is 66.9 Å². The molecule has 1 fully saturated rings. The molecular weight excluding hydrogens is 283 g/mol. The minimum Gasteiger partial charge on any atom is -0.368 e. The molecular formula is C16H17FN4O. The fourth-order valence-electron chi connectivity index (χ4n) is 2.09. The van der Waals surface area contributed by atoms with Crippen LogP contribution in [-0.4, -0.2) is 22.6 Å². The number of hydrogen-bond acceptors (Lipinski definition) is 4. The Balaban J connectivity index is 1.48. The Morgan fingerprint density at radius 3 is 2.55 bits per heavy atom. The third kappa shape index (κ3) is 3.78. The zero-order valence-electron chi connectivity index (χ0n) is 12.1. The van der Waals surface area contributed by atoms with E-state index < -0.39 is 0 Å². The molecule has 1 aromatic heterocycles. The third-order valence-electron chi connectivity index (χ3n) is 3.52. The van der Waals surface area contributed by atoms with Crippen LogP contribution >= 0.6 is 0 Å². The molecule has 0 spiro atoms. The van der Waals surface area contributed by atoms with Gasteiger partial charge in [0.2, 0.25) is 5.91 Å². The fraction of sp³-hybridized carbons (Fsp3) is 0.312. The maximum Gasteiger partial charge on any atom is 0.228 e. The predicted octanol–water partition coefficient (Wildman–Crippen LogP) is 2.62. The van der Waals surface area contributed by atoms with Gasteiger partial charge >= 0.3 is 0 Å². The molecule has 5 nitrogen and oxygen atoms in total. The van der Waals surface area contributed by atoms with Gasteiger partial charge in [0.15, 0.2) is 5.82 Å². The number of nitrogens with one attached hydrogen (secondary N) is 2. The summed E-state index contributed by atoms with van der Waals surface area (Å²) in [6.45, 7) is 0.559. The van der Waals surface area contributed by atoms with Crippen molar-refractivity contribution in [3.05, 3.63) is 47.8 Å². The van der Waals surface area contributed by atoms with Crippen LogP contribution in [0.4, 0.5) is 16.0 Å². The number of benzene rings is 1. The van der Waals surface area contributed by atoms with Gasteiger partial charge in [-0.25, -0.2) is 4.39 Å². The van der Waals surface area contributed by atoms with Gasteiger partial charge in [-0.2, -0.15) is 0 Å². The molecule has 2 N–H and O–H groups in total. The minimum absolute atomic E-state index is 0.00885. The first-order chi connectivity index (χ1) is 10.7. The van der Waals surface area contributed by atoms with Gasteiger partial charge in [-0.1, -0.05) is 18.2 Å². The van der Waals surface area contributed by atoms with Gasteiger partial charge in [0.05, 0.1) is 0 Å². The van der Waals surface area contributed by atoms with E-state index in [1.54, 1.807) is 24.3 Å². The van der Waals surface area contributed by atoms with Crippen LogP contribution in [0.5, 0.6) is 0 Å². The standard InChI is InChI=1S/C16H17FN4O/c17-13-4-2-1-3-11(13)9-10-18-14-7-8-15(21-20-14)19-16(22)12-5-6-12/h1-4,7-8,12H,5-6,9-10H2,(H,18,20)(H,19,21,22). The van der Waals surface area contributed by atoms with Gasteiger partial charge < -0.3 is 10.6 Å².